The van der Waals surface area contributed by atoms with Crippen molar-refractivity contribution in [1.82, 2.24) is 14.7 Å². The Labute approximate surface area is 243 Å². The lowest BCUT2D eigenvalue weighted by Gasteiger charge is -2.41. The maximum absolute atomic E-state index is 14.1. The summed E-state index contributed by atoms with van der Waals surface area (Å²) in [5, 5.41) is 11.2. The molecule has 0 radical (unpaired) electrons. The highest BCUT2D eigenvalue weighted by Crippen LogP contribution is 2.42. The van der Waals surface area contributed by atoms with Crippen molar-refractivity contribution in [3.05, 3.63) is 58.6 Å². The van der Waals surface area contributed by atoms with E-state index in [4.69, 9.17) is 16.3 Å². The summed E-state index contributed by atoms with van der Waals surface area (Å²) in [5.74, 6) is -1.16. The van der Waals surface area contributed by atoms with E-state index in [0.717, 1.165) is 55.4 Å². The largest absolute Gasteiger partial charge is 0.497 e. The number of methoxy groups -OCH3 is 1. The van der Waals surface area contributed by atoms with Crippen molar-refractivity contribution >= 4 is 29.1 Å². The maximum atomic E-state index is 14.1. The summed E-state index contributed by atoms with van der Waals surface area (Å²) in [4.78, 5) is 32.5. The SMILES string of the molecule is COc1cccc(C(O)(C(=O)N2CCC(CN3CCN(c4ccc(C(=O)N(C)C)c(Cl)c4)CC3)CC2)C(F)(F)F)c1. The molecule has 2 fully saturated rings. The molecular formula is C29H36ClF3N4O4. The van der Waals surface area contributed by atoms with Crippen LogP contribution in [0.15, 0.2) is 42.5 Å². The first-order chi connectivity index (χ1) is 19.3. The summed E-state index contributed by atoms with van der Waals surface area (Å²) in [7, 11) is 4.66. The van der Waals surface area contributed by atoms with E-state index in [-0.39, 0.29) is 30.7 Å². The molecule has 0 bridgehead atoms. The second-order valence-electron chi connectivity index (χ2n) is 10.8. The Hall–Kier alpha value is -3.02. The second-order valence-corrected chi connectivity index (χ2v) is 11.2. The monoisotopic (exact) mass is 596 g/mol. The molecule has 41 heavy (non-hydrogen) atoms. The third-order valence-corrected chi connectivity index (χ3v) is 8.26. The zero-order valence-corrected chi connectivity index (χ0v) is 24.2. The Morgan fingerprint density at radius 3 is 2.24 bits per heavy atom. The van der Waals surface area contributed by atoms with Gasteiger partial charge in [0.1, 0.15) is 5.75 Å². The van der Waals surface area contributed by atoms with Crippen LogP contribution < -0.4 is 9.64 Å². The number of piperazine rings is 1. The van der Waals surface area contributed by atoms with E-state index < -0.39 is 23.2 Å². The van der Waals surface area contributed by atoms with Gasteiger partial charge < -0.3 is 24.5 Å². The van der Waals surface area contributed by atoms with Crippen molar-refractivity contribution in [2.24, 2.45) is 5.92 Å². The summed E-state index contributed by atoms with van der Waals surface area (Å²) < 4.78 is 47.3. The van der Waals surface area contributed by atoms with Gasteiger partial charge in [-0.2, -0.15) is 13.2 Å². The Kier molecular flexibility index (Phi) is 9.40. The Morgan fingerprint density at radius 2 is 1.68 bits per heavy atom. The summed E-state index contributed by atoms with van der Waals surface area (Å²) in [5.41, 5.74) is -2.80. The molecule has 2 saturated heterocycles. The number of anilines is 1. The lowest BCUT2D eigenvalue weighted by Crippen LogP contribution is -2.57. The Morgan fingerprint density at radius 1 is 1.02 bits per heavy atom. The average molecular weight is 597 g/mol. The fourth-order valence-corrected chi connectivity index (χ4v) is 5.73. The quantitative estimate of drug-likeness (QED) is 0.523. The van der Waals surface area contributed by atoms with Crippen molar-refractivity contribution < 1.29 is 32.6 Å². The summed E-state index contributed by atoms with van der Waals surface area (Å²) in [6.45, 7) is 4.22. The fourth-order valence-electron chi connectivity index (χ4n) is 5.47. The number of hydrogen-bond acceptors (Lipinski definition) is 6. The van der Waals surface area contributed by atoms with Gasteiger partial charge >= 0.3 is 6.18 Å². The van der Waals surface area contributed by atoms with E-state index in [1.165, 1.54) is 24.1 Å². The molecule has 0 saturated carbocycles. The number of carbonyl (C=O) groups is 2. The molecule has 8 nitrogen and oxygen atoms in total. The lowest BCUT2D eigenvalue weighted by molar-refractivity contribution is -0.262. The minimum atomic E-state index is -5.20. The van der Waals surface area contributed by atoms with Crippen LogP contribution in [-0.2, 0) is 10.4 Å². The van der Waals surface area contributed by atoms with Gasteiger partial charge in [0.25, 0.3) is 17.4 Å². The van der Waals surface area contributed by atoms with E-state index in [0.29, 0.717) is 23.4 Å². The molecule has 0 spiro atoms. The van der Waals surface area contributed by atoms with Crippen LogP contribution in [0.3, 0.4) is 0 Å². The first kappa shape index (κ1) is 30.9. The molecule has 2 aliphatic heterocycles. The first-order valence-corrected chi connectivity index (χ1v) is 13.9. The maximum Gasteiger partial charge on any atom is 0.430 e. The summed E-state index contributed by atoms with van der Waals surface area (Å²) >= 11 is 6.38. The molecule has 224 valence electrons. The van der Waals surface area contributed by atoms with Crippen LogP contribution in [0.25, 0.3) is 0 Å². The van der Waals surface area contributed by atoms with Gasteiger partial charge in [0.15, 0.2) is 0 Å². The molecule has 2 aromatic carbocycles. The molecule has 2 aromatic rings. The van der Waals surface area contributed by atoms with Crippen molar-refractivity contribution in [3.63, 3.8) is 0 Å². The molecule has 1 N–H and O–H groups in total. The van der Waals surface area contributed by atoms with Gasteiger partial charge in [-0.3, -0.25) is 14.5 Å². The third-order valence-electron chi connectivity index (χ3n) is 7.95. The lowest BCUT2D eigenvalue weighted by atomic mass is 9.89. The van der Waals surface area contributed by atoms with Crippen molar-refractivity contribution in [1.29, 1.82) is 0 Å². The molecule has 0 aliphatic carbocycles. The number of aliphatic hydroxyl groups is 1. The second kappa shape index (κ2) is 12.5. The number of nitrogens with zero attached hydrogens (tertiary/aromatic N) is 4. The minimum absolute atomic E-state index is 0.122. The number of piperidine rings is 1. The van der Waals surface area contributed by atoms with Crippen LogP contribution in [0.4, 0.5) is 18.9 Å². The normalized spacial score (nSPS) is 18.6. The number of likely N-dealkylation sites (tertiary alicyclic amines) is 1. The molecule has 1 atom stereocenters. The zero-order valence-electron chi connectivity index (χ0n) is 23.5. The molecule has 4 rings (SSSR count). The van der Waals surface area contributed by atoms with Crippen molar-refractivity contribution in [2.75, 3.05) is 71.9 Å². The number of ether oxygens (including phenoxy) is 1. The highest BCUT2D eigenvalue weighted by atomic mass is 35.5. The van der Waals surface area contributed by atoms with Crippen LogP contribution in [0.1, 0.15) is 28.8 Å². The number of rotatable bonds is 7. The van der Waals surface area contributed by atoms with E-state index in [2.05, 4.69) is 9.80 Å². The molecule has 1 unspecified atom stereocenters. The van der Waals surface area contributed by atoms with Gasteiger partial charge in [0, 0.05) is 71.2 Å². The molecule has 0 aromatic heterocycles. The van der Waals surface area contributed by atoms with Gasteiger partial charge in [-0.05, 0) is 49.1 Å². The zero-order chi connectivity index (χ0) is 29.9. The summed E-state index contributed by atoms with van der Waals surface area (Å²) in [6.07, 6.45) is -4.09. The van der Waals surface area contributed by atoms with Gasteiger partial charge in [-0.25, -0.2) is 0 Å². The van der Waals surface area contributed by atoms with E-state index in [9.17, 15) is 27.9 Å². The molecule has 12 heteroatoms. The van der Waals surface area contributed by atoms with Gasteiger partial charge in [0.05, 0.1) is 17.7 Å². The Bertz CT molecular complexity index is 1240. The Balaban J connectivity index is 1.31. The smallest absolute Gasteiger partial charge is 0.430 e. The van der Waals surface area contributed by atoms with Crippen LogP contribution in [-0.4, -0.2) is 105 Å². The number of alkyl halides is 3. The first-order valence-electron chi connectivity index (χ1n) is 13.6. The van der Waals surface area contributed by atoms with E-state index in [1.807, 2.05) is 12.1 Å². The number of amides is 2. The number of hydrogen-bond donors (Lipinski definition) is 1. The molecule has 2 heterocycles. The van der Waals surface area contributed by atoms with Crippen LogP contribution in [0.2, 0.25) is 5.02 Å². The van der Waals surface area contributed by atoms with Crippen LogP contribution in [0.5, 0.6) is 5.75 Å². The topological polar surface area (TPSA) is 76.6 Å². The van der Waals surface area contributed by atoms with Gasteiger partial charge in [-0.1, -0.05) is 23.7 Å². The average Bonchev–Trinajstić information content (AvgIpc) is 2.96. The fraction of sp³-hybridized carbons (Fsp3) is 0.517. The number of carbonyl (C=O) groups excluding carboxylic acids is 2. The summed E-state index contributed by atoms with van der Waals surface area (Å²) in [6, 6.07) is 10.4. The molecule has 2 aliphatic rings. The highest BCUT2D eigenvalue weighted by Gasteiger charge is 2.62. The number of benzene rings is 2. The van der Waals surface area contributed by atoms with E-state index in [1.54, 1.807) is 20.2 Å². The predicted molar refractivity (Wildman–Crippen MR) is 150 cm³/mol. The highest BCUT2D eigenvalue weighted by molar-refractivity contribution is 6.34. The molecular weight excluding hydrogens is 561 g/mol. The minimum Gasteiger partial charge on any atom is -0.497 e. The predicted octanol–water partition coefficient (Wildman–Crippen LogP) is 3.86. The van der Waals surface area contributed by atoms with Crippen LogP contribution >= 0.6 is 11.6 Å². The van der Waals surface area contributed by atoms with Crippen LogP contribution in [0, 0.1) is 5.92 Å². The van der Waals surface area contributed by atoms with Crippen molar-refractivity contribution in [2.45, 2.75) is 24.6 Å². The third kappa shape index (κ3) is 6.57. The van der Waals surface area contributed by atoms with Crippen molar-refractivity contribution in [3.8, 4) is 5.75 Å². The van der Waals surface area contributed by atoms with Gasteiger partial charge in [0.2, 0.25) is 0 Å². The molecule has 2 amide bonds. The van der Waals surface area contributed by atoms with Gasteiger partial charge in [-0.15, -0.1) is 0 Å². The van der Waals surface area contributed by atoms with E-state index >= 15 is 0 Å². The standard InChI is InChI=1S/C29H36ClF3N4O4/c1-34(2)26(38)24-8-7-22(18-25(24)30)36-15-13-35(14-16-36)19-20-9-11-37(12-10-20)27(39)28(40,29(31,32)33)21-5-4-6-23(17-21)41-3/h4-8,17-18,20,40H,9-16,19H2,1-3H3. The number of halogens is 4.